The zero-order valence-corrected chi connectivity index (χ0v) is 12.0. The second kappa shape index (κ2) is 5.81. The van der Waals surface area contributed by atoms with Crippen LogP contribution in [0.1, 0.15) is 40.0 Å². The molecule has 3 atom stereocenters. The van der Waals surface area contributed by atoms with Crippen LogP contribution in [0.15, 0.2) is 18.2 Å². The van der Waals surface area contributed by atoms with Crippen LogP contribution >= 0.6 is 0 Å². The molecule has 0 bridgehead atoms. The van der Waals surface area contributed by atoms with Crippen molar-refractivity contribution in [1.29, 1.82) is 0 Å². The van der Waals surface area contributed by atoms with Gasteiger partial charge in [-0.15, -0.1) is 0 Å². The fourth-order valence-corrected chi connectivity index (χ4v) is 3.02. The predicted molar refractivity (Wildman–Crippen MR) is 76.6 cm³/mol. The number of ether oxygens (including phenoxy) is 1. The summed E-state index contributed by atoms with van der Waals surface area (Å²) in [6, 6.07) is 4.33. The smallest absolute Gasteiger partial charge is 0.145 e. The lowest BCUT2D eigenvalue weighted by molar-refractivity contribution is 0.0464. The first-order valence-electron chi connectivity index (χ1n) is 7.19. The summed E-state index contributed by atoms with van der Waals surface area (Å²) in [4.78, 5) is 0. The van der Waals surface area contributed by atoms with Crippen molar-refractivity contribution in [3.05, 3.63) is 24.0 Å². The molecule has 2 rings (SSSR count). The predicted octanol–water partition coefficient (Wildman–Crippen LogP) is 4.25. The number of nitrogens with two attached hydrogens (primary N) is 1. The summed E-state index contributed by atoms with van der Waals surface area (Å²) in [6.45, 7) is 6.71. The van der Waals surface area contributed by atoms with Crippen LogP contribution in [-0.2, 0) is 0 Å². The van der Waals surface area contributed by atoms with Crippen LogP contribution in [0.5, 0.6) is 5.75 Å². The summed E-state index contributed by atoms with van der Waals surface area (Å²) in [5.41, 5.74) is 6.39. The fourth-order valence-electron chi connectivity index (χ4n) is 3.02. The molecule has 0 saturated heterocycles. The van der Waals surface area contributed by atoms with Crippen molar-refractivity contribution in [2.24, 2.45) is 17.8 Å². The first-order valence-corrected chi connectivity index (χ1v) is 7.19. The second-order valence-electron chi connectivity index (χ2n) is 6.16. The zero-order chi connectivity index (χ0) is 14.0. The molecule has 1 saturated carbocycles. The largest absolute Gasteiger partial charge is 0.488 e. The average molecular weight is 265 g/mol. The molecule has 0 heterocycles. The number of hydrogen-bond donors (Lipinski definition) is 1. The monoisotopic (exact) mass is 265 g/mol. The maximum Gasteiger partial charge on any atom is 0.145 e. The minimum Gasteiger partial charge on any atom is -0.488 e. The molecule has 0 spiro atoms. The molecule has 2 nitrogen and oxygen atoms in total. The van der Waals surface area contributed by atoms with Gasteiger partial charge in [-0.1, -0.05) is 27.2 Å². The zero-order valence-electron chi connectivity index (χ0n) is 12.0. The molecule has 1 fully saturated rings. The van der Waals surface area contributed by atoms with Crippen LogP contribution in [0.3, 0.4) is 0 Å². The van der Waals surface area contributed by atoms with E-state index in [1.54, 1.807) is 6.07 Å². The molecule has 3 unspecified atom stereocenters. The van der Waals surface area contributed by atoms with Crippen LogP contribution in [-0.4, -0.2) is 6.10 Å². The molecule has 106 valence electrons. The summed E-state index contributed by atoms with van der Waals surface area (Å²) < 4.78 is 19.3. The van der Waals surface area contributed by atoms with Gasteiger partial charge in [0, 0.05) is 6.07 Å². The Balaban J connectivity index is 2.16. The minimum atomic E-state index is -0.297. The van der Waals surface area contributed by atoms with Crippen molar-refractivity contribution in [2.45, 2.75) is 46.1 Å². The minimum absolute atomic E-state index is 0.146. The highest BCUT2D eigenvalue weighted by Gasteiger charge is 2.32. The molecule has 3 heteroatoms. The van der Waals surface area contributed by atoms with Crippen LogP contribution in [0.4, 0.5) is 10.1 Å². The van der Waals surface area contributed by atoms with E-state index in [1.165, 1.54) is 25.0 Å². The van der Waals surface area contributed by atoms with Crippen molar-refractivity contribution in [3.8, 4) is 5.75 Å². The van der Waals surface area contributed by atoms with Crippen LogP contribution in [0.25, 0.3) is 0 Å². The number of halogens is 1. The average Bonchev–Trinajstić information content (AvgIpc) is 2.33. The van der Waals surface area contributed by atoms with Gasteiger partial charge >= 0.3 is 0 Å². The highest BCUT2D eigenvalue weighted by molar-refractivity contribution is 5.52. The van der Waals surface area contributed by atoms with Crippen LogP contribution in [0.2, 0.25) is 0 Å². The van der Waals surface area contributed by atoms with Gasteiger partial charge in [0.15, 0.2) is 0 Å². The van der Waals surface area contributed by atoms with E-state index >= 15 is 0 Å². The Morgan fingerprint density at radius 1 is 1.32 bits per heavy atom. The van der Waals surface area contributed by atoms with E-state index < -0.39 is 0 Å². The molecule has 1 aliphatic rings. The molecular weight excluding hydrogens is 241 g/mol. The molecule has 0 aromatic heterocycles. The Hall–Kier alpha value is -1.25. The van der Waals surface area contributed by atoms with Crippen molar-refractivity contribution in [3.63, 3.8) is 0 Å². The van der Waals surface area contributed by atoms with Gasteiger partial charge in [-0.25, -0.2) is 4.39 Å². The number of rotatable bonds is 3. The van der Waals surface area contributed by atoms with E-state index in [0.717, 1.165) is 6.42 Å². The summed E-state index contributed by atoms with van der Waals surface area (Å²) in [6.07, 6.45) is 3.60. The van der Waals surface area contributed by atoms with Gasteiger partial charge in [-0.2, -0.15) is 0 Å². The Bertz CT molecular complexity index is 433. The van der Waals surface area contributed by atoms with Crippen molar-refractivity contribution in [2.75, 3.05) is 5.73 Å². The van der Waals surface area contributed by atoms with Crippen molar-refractivity contribution < 1.29 is 9.13 Å². The summed E-state index contributed by atoms with van der Waals surface area (Å²) in [5.74, 6) is 1.96. The molecule has 0 amide bonds. The first-order chi connectivity index (χ1) is 8.97. The lowest BCUT2D eigenvalue weighted by Crippen LogP contribution is -2.36. The van der Waals surface area contributed by atoms with Crippen molar-refractivity contribution in [1.82, 2.24) is 0 Å². The molecule has 1 aliphatic carbocycles. The van der Waals surface area contributed by atoms with Gasteiger partial charge in [-0.05, 0) is 42.7 Å². The lowest BCUT2D eigenvalue weighted by atomic mass is 9.75. The summed E-state index contributed by atoms with van der Waals surface area (Å²) in [5, 5.41) is 0. The number of benzene rings is 1. The third-order valence-electron chi connectivity index (χ3n) is 4.22. The quantitative estimate of drug-likeness (QED) is 0.829. The summed E-state index contributed by atoms with van der Waals surface area (Å²) >= 11 is 0. The van der Waals surface area contributed by atoms with Gasteiger partial charge in [-0.3, -0.25) is 0 Å². The van der Waals surface area contributed by atoms with Crippen LogP contribution in [0, 0.1) is 23.6 Å². The van der Waals surface area contributed by atoms with E-state index in [2.05, 4.69) is 20.8 Å². The normalized spacial score (nSPS) is 27.5. The van der Waals surface area contributed by atoms with E-state index in [9.17, 15) is 4.39 Å². The number of anilines is 1. The molecule has 0 radical (unpaired) electrons. The molecular formula is C16H24FNO. The first kappa shape index (κ1) is 14.2. The fraction of sp³-hybridized carbons (Fsp3) is 0.625. The van der Waals surface area contributed by atoms with E-state index in [1.807, 2.05) is 0 Å². The third kappa shape index (κ3) is 3.40. The van der Waals surface area contributed by atoms with E-state index in [0.29, 0.717) is 29.2 Å². The highest BCUT2D eigenvalue weighted by atomic mass is 19.1. The third-order valence-corrected chi connectivity index (χ3v) is 4.22. The Morgan fingerprint density at radius 2 is 2.05 bits per heavy atom. The van der Waals surface area contributed by atoms with Gasteiger partial charge in [0.05, 0.1) is 5.69 Å². The molecule has 1 aromatic rings. The van der Waals surface area contributed by atoms with E-state index in [4.69, 9.17) is 10.5 Å². The molecule has 1 aromatic carbocycles. The molecule has 2 N–H and O–H groups in total. The maximum absolute atomic E-state index is 13.3. The molecule has 0 aliphatic heterocycles. The van der Waals surface area contributed by atoms with Gasteiger partial charge in [0.25, 0.3) is 0 Å². The standard InChI is InChI=1S/C16H24FNO/c1-10(2)13-6-4-11(3)8-15(13)19-16-9-12(17)5-7-14(16)18/h5,7,9-11,13,15H,4,6,8,18H2,1-3H3. The Morgan fingerprint density at radius 3 is 2.74 bits per heavy atom. The number of nitrogen functional groups attached to an aromatic ring is 1. The SMILES string of the molecule is CC1CCC(C(C)C)C(Oc2cc(F)ccc2N)C1. The van der Waals surface area contributed by atoms with Crippen molar-refractivity contribution >= 4 is 5.69 Å². The van der Waals surface area contributed by atoms with E-state index in [-0.39, 0.29) is 11.9 Å². The van der Waals surface area contributed by atoms with Gasteiger partial charge < -0.3 is 10.5 Å². The molecule has 19 heavy (non-hydrogen) atoms. The highest BCUT2D eigenvalue weighted by Crippen LogP contribution is 2.37. The van der Waals surface area contributed by atoms with Gasteiger partial charge in [0.1, 0.15) is 17.7 Å². The Kier molecular flexibility index (Phi) is 4.33. The van der Waals surface area contributed by atoms with Gasteiger partial charge in [0.2, 0.25) is 0 Å². The topological polar surface area (TPSA) is 35.2 Å². The summed E-state index contributed by atoms with van der Waals surface area (Å²) in [7, 11) is 0. The second-order valence-corrected chi connectivity index (χ2v) is 6.16. The maximum atomic E-state index is 13.3. The van der Waals surface area contributed by atoms with Crippen LogP contribution < -0.4 is 10.5 Å². The lowest BCUT2D eigenvalue weighted by Gasteiger charge is -2.37. The number of hydrogen-bond acceptors (Lipinski definition) is 2. The Labute approximate surface area is 115 Å².